The van der Waals surface area contributed by atoms with Crippen LogP contribution in [-0.4, -0.2) is 23.4 Å². The van der Waals surface area contributed by atoms with Gasteiger partial charge < -0.3 is 9.84 Å². The maximum absolute atomic E-state index is 9.14. The lowest BCUT2D eigenvalue weighted by Gasteiger charge is -2.42. The molecule has 2 aliphatic rings. The molecule has 1 saturated heterocycles. The Bertz CT molecular complexity index is 234. The predicted octanol–water partition coefficient (Wildman–Crippen LogP) is 3.13. The minimum absolute atomic E-state index is 0.117. The largest absolute Gasteiger partial charge is 0.394 e. The predicted molar refractivity (Wildman–Crippen MR) is 65.3 cm³/mol. The molecule has 1 atom stereocenters. The Balaban J connectivity index is 1.90. The fraction of sp³-hybridized carbons (Fsp3) is 1.00. The maximum atomic E-state index is 9.14. The third-order valence-corrected chi connectivity index (χ3v) is 4.66. The Hall–Kier alpha value is -0.0800. The van der Waals surface area contributed by atoms with Crippen molar-refractivity contribution in [3.05, 3.63) is 0 Å². The molecule has 1 saturated carbocycles. The molecule has 0 aromatic heterocycles. The molecule has 0 radical (unpaired) electrons. The Kier molecular flexibility index (Phi) is 3.33. The quantitative estimate of drug-likeness (QED) is 0.744. The molecule has 2 fully saturated rings. The van der Waals surface area contributed by atoms with Crippen LogP contribution in [0.2, 0.25) is 0 Å². The number of rotatable bonds is 1. The zero-order valence-electron chi connectivity index (χ0n) is 11.0. The maximum Gasteiger partial charge on any atom is 0.0814 e. The van der Waals surface area contributed by atoms with E-state index in [0.717, 1.165) is 18.8 Å². The van der Waals surface area contributed by atoms with Crippen LogP contribution < -0.4 is 0 Å². The zero-order chi connectivity index (χ0) is 11.8. The molecule has 1 aliphatic carbocycles. The van der Waals surface area contributed by atoms with Crippen molar-refractivity contribution in [3.63, 3.8) is 0 Å². The van der Waals surface area contributed by atoms with E-state index in [1.807, 2.05) is 0 Å². The van der Waals surface area contributed by atoms with Crippen molar-refractivity contribution in [2.24, 2.45) is 11.3 Å². The van der Waals surface area contributed by atoms with Crippen LogP contribution in [0.25, 0.3) is 0 Å². The zero-order valence-corrected chi connectivity index (χ0v) is 11.0. The monoisotopic (exact) mass is 226 g/mol. The van der Waals surface area contributed by atoms with Gasteiger partial charge in [0.05, 0.1) is 18.3 Å². The Morgan fingerprint density at radius 3 is 2.12 bits per heavy atom. The first-order valence-corrected chi connectivity index (χ1v) is 6.74. The summed E-state index contributed by atoms with van der Waals surface area (Å²) in [6.07, 6.45) is 7.32. The molecule has 2 heteroatoms. The van der Waals surface area contributed by atoms with Gasteiger partial charge in [-0.25, -0.2) is 0 Å². The highest BCUT2D eigenvalue weighted by molar-refractivity contribution is 4.94. The molecule has 2 nitrogen and oxygen atoms in total. The third kappa shape index (κ3) is 2.43. The number of aliphatic hydroxyl groups is 1. The number of aliphatic hydroxyl groups excluding tert-OH is 1. The lowest BCUT2D eigenvalue weighted by molar-refractivity contribution is -0.0910. The first-order valence-electron chi connectivity index (χ1n) is 6.74. The van der Waals surface area contributed by atoms with Crippen molar-refractivity contribution >= 4 is 0 Å². The van der Waals surface area contributed by atoms with Crippen molar-refractivity contribution < 1.29 is 9.84 Å². The van der Waals surface area contributed by atoms with Crippen LogP contribution in [0, 0.1) is 11.3 Å². The van der Waals surface area contributed by atoms with E-state index >= 15 is 0 Å². The highest BCUT2D eigenvalue weighted by Gasteiger charge is 2.44. The van der Waals surface area contributed by atoms with Gasteiger partial charge in [-0.3, -0.25) is 0 Å². The van der Waals surface area contributed by atoms with Crippen LogP contribution in [0.3, 0.4) is 0 Å². The highest BCUT2D eigenvalue weighted by Crippen LogP contribution is 2.47. The van der Waals surface area contributed by atoms with Gasteiger partial charge in [0.2, 0.25) is 0 Å². The lowest BCUT2D eigenvalue weighted by atomic mass is 9.68. The van der Waals surface area contributed by atoms with Gasteiger partial charge in [0.1, 0.15) is 0 Å². The summed E-state index contributed by atoms with van der Waals surface area (Å²) in [6.45, 7) is 7.25. The molecule has 1 heterocycles. The molecule has 1 N–H and O–H groups in total. The molecular weight excluding hydrogens is 200 g/mol. The number of hydrogen-bond donors (Lipinski definition) is 1. The SMILES string of the molecule is CC(C)(C)C1CCC2(CCC(CO)O2)CC1. The summed E-state index contributed by atoms with van der Waals surface area (Å²) in [4.78, 5) is 0. The van der Waals surface area contributed by atoms with E-state index in [4.69, 9.17) is 9.84 Å². The lowest BCUT2D eigenvalue weighted by Crippen LogP contribution is -2.37. The summed E-state index contributed by atoms with van der Waals surface area (Å²) >= 11 is 0. The van der Waals surface area contributed by atoms with Crippen molar-refractivity contribution in [1.82, 2.24) is 0 Å². The van der Waals surface area contributed by atoms with Gasteiger partial charge in [-0.2, -0.15) is 0 Å². The molecule has 0 amide bonds. The molecule has 0 aromatic rings. The van der Waals surface area contributed by atoms with Crippen LogP contribution in [0.15, 0.2) is 0 Å². The molecule has 16 heavy (non-hydrogen) atoms. The van der Waals surface area contributed by atoms with Gasteiger partial charge in [-0.1, -0.05) is 20.8 Å². The van der Waals surface area contributed by atoms with E-state index in [9.17, 15) is 0 Å². The van der Waals surface area contributed by atoms with Gasteiger partial charge in [-0.05, 0) is 49.9 Å². The standard InChI is InChI=1S/C14H26O2/c1-13(2,3)11-4-7-14(8-5-11)9-6-12(10-15)16-14/h11-12,15H,4-10H2,1-3H3. The van der Waals surface area contributed by atoms with Crippen molar-refractivity contribution in [3.8, 4) is 0 Å². The third-order valence-electron chi connectivity index (χ3n) is 4.66. The van der Waals surface area contributed by atoms with Crippen LogP contribution in [0.5, 0.6) is 0 Å². The van der Waals surface area contributed by atoms with Crippen molar-refractivity contribution in [2.75, 3.05) is 6.61 Å². The second kappa shape index (κ2) is 4.30. The van der Waals surface area contributed by atoms with Crippen LogP contribution in [0.1, 0.15) is 59.3 Å². The van der Waals surface area contributed by atoms with Crippen LogP contribution in [0.4, 0.5) is 0 Å². The summed E-state index contributed by atoms with van der Waals surface area (Å²) < 4.78 is 6.05. The molecule has 94 valence electrons. The summed E-state index contributed by atoms with van der Waals surface area (Å²) in [6, 6.07) is 0. The van der Waals surface area contributed by atoms with Gasteiger partial charge in [0.15, 0.2) is 0 Å². The topological polar surface area (TPSA) is 29.5 Å². The molecule has 1 spiro atoms. The Morgan fingerprint density at radius 2 is 1.69 bits per heavy atom. The van der Waals surface area contributed by atoms with E-state index in [1.54, 1.807) is 0 Å². The normalized spacial score (nSPS) is 40.5. The fourth-order valence-electron chi connectivity index (χ4n) is 3.40. The van der Waals surface area contributed by atoms with Crippen molar-refractivity contribution in [2.45, 2.75) is 71.0 Å². The minimum atomic E-state index is 0.117. The molecule has 1 unspecified atom stereocenters. The molecule has 1 aliphatic heterocycles. The van der Waals surface area contributed by atoms with E-state index in [0.29, 0.717) is 5.41 Å². The van der Waals surface area contributed by atoms with Gasteiger partial charge >= 0.3 is 0 Å². The molecule has 0 bridgehead atoms. The van der Waals surface area contributed by atoms with E-state index in [2.05, 4.69) is 20.8 Å². The van der Waals surface area contributed by atoms with Gasteiger partial charge in [0.25, 0.3) is 0 Å². The average molecular weight is 226 g/mol. The molecule has 0 aromatic carbocycles. The Labute approximate surface area is 99.4 Å². The first-order chi connectivity index (χ1) is 7.45. The molecular formula is C14H26O2. The smallest absolute Gasteiger partial charge is 0.0814 e. The molecule has 2 rings (SSSR count). The summed E-state index contributed by atoms with van der Waals surface area (Å²) in [5.41, 5.74) is 0.575. The second-order valence-electron chi connectivity index (χ2n) is 6.78. The van der Waals surface area contributed by atoms with E-state index < -0.39 is 0 Å². The average Bonchev–Trinajstić information content (AvgIpc) is 2.61. The Morgan fingerprint density at radius 1 is 1.12 bits per heavy atom. The first kappa shape index (κ1) is 12.4. The van der Waals surface area contributed by atoms with Gasteiger partial charge in [0, 0.05) is 0 Å². The van der Waals surface area contributed by atoms with Crippen LogP contribution >= 0.6 is 0 Å². The van der Waals surface area contributed by atoms with Crippen LogP contribution in [-0.2, 0) is 4.74 Å². The van der Waals surface area contributed by atoms with E-state index in [1.165, 1.54) is 25.7 Å². The van der Waals surface area contributed by atoms with Gasteiger partial charge in [-0.15, -0.1) is 0 Å². The highest BCUT2D eigenvalue weighted by atomic mass is 16.5. The number of hydrogen-bond acceptors (Lipinski definition) is 2. The van der Waals surface area contributed by atoms with Crippen molar-refractivity contribution in [1.29, 1.82) is 0 Å². The minimum Gasteiger partial charge on any atom is -0.394 e. The summed E-state index contributed by atoms with van der Waals surface area (Å²) in [5.74, 6) is 0.843. The second-order valence-corrected chi connectivity index (χ2v) is 6.78. The summed E-state index contributed by atoms with van der Waals surface area (Å²) in [7, 11) is 0. The number of ether oxygens (including phenoxy) is 1. The summed E-state index contributed by atoms with van der Waals surface area (Å²) in [5, 5.41) is 9.14. The van der Waals surface area contributed by atoms with E-state index in [-0.39, 0.29) is 18.3 Å². The fourth-order valence-corrected chi connectivity index (χ4v) is 3.40.